The van der Waals surface area contributed by atoms with E-state index >= 15 is 0 Å². The Hall–Kier alpha value is -2.44. The minimum absolute atomic E-state index is 0.0671. The lowest BCUT2D eigenvalue weighted by Gasteiger charge is -2.09. The van der Waals surface area contributed by atoms with Crippen LogP contribution in [0.4, 0.5) is 14.5 Å². The predicted molar refractivity (Wildman–Crippen MR) is 74.9 cm³/mol. The van der Waals surface area contributed by atoms with Gasteiger partial charge in [0.05, 0.1) is 12.2 Å². The van der Waals surface area contributed by atoms with E-state index in [2.05, 4.69) is 15.7 Å². The fourth-order valence-electron chi connectivity index (χ4n) is 1.88. The second kappa shape index (κ2) is 6.34. The summed E-state index contributed by atoms with van der Waals surface area (Å²) in [5, 5.41) is 9.24. The Morgan fingerprint density at radius 2 is 2.00 bits per heavy atom. The molecule has 0 spiro atoms. The van der Waals surface area contributed by atoms with Crippen LogP contribution in [0.25, 0.3) is 0 Å². The number of anilines is 1. The van der Waals surface area contributed by atoms with E-state index in [1.165, 1.54) is 0 Å². The van der Waals surface area contributed by atoms with Crippen molar-refractivity contribution in [3.63, 3.8) is 0 Å². The number of halogens is 2. The summed E-state index contributed by atoms with van der Waals surface area (Å²) in [6, 6.07) is 3.76. The normalized spacial score (nSPS) is 10.5. The van der Waals surface area contributed by atoms with Gasteiger partial charge in [-0.15, -0.1) is 0 Å². The number of aryl methyl sites for hydroxylation is 1. The van der Waals surface area contributed by atoms with Gasteiger partial charge in [-0.1, -0.05) is 0 Å². The molecule has 0 fully saturated rings. The highest BCUT2D eigenvalue weighted by molar-refractivity contribution is 5.94. The van der Waals surface area contributed by atoms with Crippen molar-refractivity contribution in [2.75, 3.05) is 11.9 Å². The smallest absolute Gasteiger partial charge is 0.251 e. The number of amides is 1. The monoisotopic (exact) mass is 294 g/mol. The Balaban J connectivity index is 2.08. The third-order valence-corrected chi connectivity index (χ3v) is 2.86. The van der Waals surface area contributed by atoms with Crippen LogP contribution >= 0.6 is 0 Å². The minimum atomic E-state index is -0.792. The lowest BCUT2D eigenvalue weighted by Crippen LogP contribution is -2.23. The molecule has 2 rings (SSSR count). The quantitative estimate of drug-likeness (QED) is 0.887. The van der Waals surface area contributed by atoms with E-state index in [9.17, 15) is 13.6 Å². The Bertz CT molecular complexity index is 631. The Labute approximate surface area is 121 Å². The summed E-state index contributed by atoms with van der Waals surface area (Å²) in [5.41, 5.74) is 0.373. The van der Waals surface area contributed by atoms with E-state index in [1.807, 2.05) is 0 Å². The summed E-state index contributed by atoms with van der Waals surface area (Å²) in [6.45, 7) is 2.31. The molecule has 1 aromatic carbocycles. The highest BCUT2D eigenvalue weighted by Crippen LogP contribution is 2.20. The van der Waals surface area contributed by atoms with Gasteiger partial charge in [0.1, 0.15) is 17.3 Å². The van der Waals surface area contributed by atoms with Crippen molar-refractivity contribution in [2.45, 2.75) is 13.5 Å². The van der Waals surface area contributed by atoms with Crippen LogP contribution < -0.4 is 10.6 Å². The highest BCUT2D eigenvalue weighted by atomic mass is 19.1. The zero-order chi connectivity index (χ0) is 15.4. The highest BCUT2D eigenvalue weighted by Gasteiger charge is 2.14. The third-order valence-electron chi connectivity index (χ3n) is 2.86. The van der Waals surface area contributed by atoms with Crippen molar-refractivity contribution < 1.29 is 13.6 Å². The Kier molecular flexibility index (Phi) is 4.52. The molecule has 1 heterocycles. The molecule has 0 bridgehead atoms. The van der Waals surface area contributed by atoms with Crippen molar-refractivity contribution in [3.05, 3.63) is 47.3 Å². The van der Waals surface area contributed by atoms with Crippen molar-refractivity contribution in [1.82, 2.24) is 15.1 Å². The second-order valence-electron chi connectivity index (χ2n) is 4.51. The van der Waals surface area contributed by atoms with Gasteiger partial charge < -0.3 is 10.6 Å². The zero-order valence-electron chi connectivity index (χ0n) is 11.8. The van der Waals surface area contributed by atoms with Gasteiger partial charge in [0.2, 0.25) is 0 Å². The standard InChI is InChI=1S/C14H16F2N4O/c1-3-17-13-11(15)6-9(7-12(13)16)14(21)18-8-10-4-5-20(2)19-10/h4-7,17H,3,8H2,1-2H3,(H,18,21). The van der Waals surface area contributed by atoms with Gasteiger partial charge in [0, 0.05) is 25.4 Å². The first-order valence-corrected chi connectivity index (χ1v) is 6.51. The molecule has 0 unspecified atom stereocenters. The number of carbonyl (C=O) groups excluding carboxylic acids is 1. The molecule has 2 aromatic rings. The molecular formula is C14H16F2N4O. The molecule has 112 valence electrons. The van der Waals surface area contributed by atoms with Gasteiger partial charge in [0.15, 0.2) is 0 Å². The maximum atomic E-state index is 13.7. The summed E-state index contributed by atoms with van der Waals surface area (Å²) < 4.78 is 29.1. The summed E-state index contributed by atoms with van der Waals surface area (Å²) in [6.07, 6.45) is 1.74. The average Bonchev–Trinajstić information content (AvgIpc) is 2.85. The number of hydrogen-bond donors (Lipinski definition) is 2. The minimum Gasteiger partial charge on any atom is -0.381 e. The van der Waals surface area contributed by atoms with Gasteiger partial charge in [-0.3, -0.25) is 9.48 Å². The fourth-order valence-corrected chi connectivity index (χ4v) is 1.88. The van der Waals surface area contributed by atoms with E-state index in [4.69, 9.17) is 0 Å². The van der Waals surface area contributed by atoms with E-state index in [1.54, 1.807) is 30.9 Å². The molecular weight excluding hydrogens is 278 g/mol. The molecule has 0 saturated carbocycles. The summed E-state index contributed by atoms with van der Waals surface area (Å²) in [7, 11) is 1.76. The summed E-state index contributed by atoms with van der Waals surface area (Å²) in [5.74, 6) is -2.14. The SMILES string of the molecule is CCNc1c(F)cc(C(=O)NCc2ccn(C)n2)cc1F. The van der Waals surface area contributed by atoms with Crippen LogP contribution in [-0.4, -0.2) is 22.2 Å². The molecule has 5 nitrogen and oxygen atoms in total. The average molecular weight is 294 g/mol. The van der Waals surface area contributed by atoms with Gasteiger partial charge in [-0.05, 0) is 25.1 Å². The molecule has 0 saturated heterocycles. The van der Waals surface area contributed by atoms with Crippen molar-refractivity contribution in [1.29, 1.82) is 0 Å². The topological polar surface area (TPSA) is 59.0 Å². The van der Waals surface area contributed by atoms with Gasteiger partial charge in [-0.2, -0.15) is 5.10 Å². The van der Waals surface area contributed by atoms with Gasteiger partial charge in [0.25, 0.3) is 5.91 Å². The first kappa shape index (κ1) is 15.0. The molecule has 0 radical (unpaired) electrons. The number of nitrogens with zero attached hydrogens (tertiary/aromatic N) is 2. The van der Waals surface area contributed by atoms with Crippen molar-refractivity contribution >= 4 is 11.6 Å². The van der Waals surface area contributed by atoms with Gasteiger partial charge in [-0.25, -0.2) is 8.78 Å². The number of benzene rings is 1. The van der Waals surface area contributed by atoms with Crippen LogP contribution in [0, 0.1) is 11.6 Å². The van der Waals surface area contributed by atoms with Crippen LogP contribution in [0.2, 0.25) is 0 Å². The first-order chi connectivity index (χ1) is 10.0. The van der Waals surface area contributed by atoms with Crippen LogP contribution in [0.3, 0.4) is 0 Å². The molecule has 0 aliphatic carbocycles. The molecule has 2 N–H and O–H groups in total. The molecule has 7 heteroatoms. The summed E-state index contributed by atoms with van der Waals surface area (Å²) in [4.78, 5) is 11.9. The number of nitrogens with one attached hydrogen (secondary N) is 2. The second-order valence-corrected chi connectivity index (χ2v) is 4.51. The maximum absolute atomic E-state index is 13.7. The number of aromatic nitrogens is 2. The molecule has 1 aromatic heterocycles. The number of rotatable bonds is 5. The molecule has 0 aliphatic rings. The van der Waals surface area contributed by atoms with E-state index in [0.717, 1.165) is 12.1 Å². The molecule has 21 heavy (non-hydrogen) atoms. The molecule has 0 atom stereocenters. The number of hydrogen-bond acceptors (Lipinski definition) is 3. The van der Waals surface area contributed by atoms with Crippen molar-refractivity contribution in [2.24, 2.45) is 7.05 Å². The van der Waals surface area contributed by atoms with Crippen molar-refractivity contribution in [3.8, 4) is 0 Å². The van der Waals surface area contributed by atoms with E-state index in [-0.39, 0.29) is 17.8 Å². The lowest BCUT2D eigenvalue weighted by atomic mass is 10.1. The lowest BCUT2D eigenvalue weighted by molar-refractivity contribution is 0.0949. The Morgan fingerprint density at radius 1 is 1.33 bits per heavy atom. The molecule has 1 amide bonds. The molecule has 0 aliphatic heterocycles. The summed E-state index contributed by atoms with van der Waals surface area (Å²) >= 11 is 0. The van der Waals surface area contributed by atoms with Crippen LogP contribution in [0.1, 0.15) is 23.0 Å². The van der Waals surface area contributed by atoms with Crippen LogP contribution in [0.15, 0.2) is 24.4 Å². The predicted octanol–water partition coefficient (Wildman–Crippen LogP) is 2.06. The Morgan fingerprint density at radius 3 is 2.52 bits per heavy atom. The van der Waals surface area contributed by atoms with Crippen LogP contribution in [0.5, 0.6) is 0 Å². The largest absolute Gasteiger partial charge is 0.381 e. The van der Waals surface area contributed by atoms with E-state index in [0.29, 0.717) is 12.2 Å². The maximum Gasteiger partial charge on any atom is 0.251 e. The van der Waals surface area contributed by atoms with Crippen LogP contribution in [-0.2, 0) is 13.6 Å². The number of carbonyl (C=O) groups is 1. The first-order valence-electron chi connectivity index (χ1n) is 6.51. The zero-order valence-corrected chi connectivity index (χ0v) is 11.8. The fraction of sp³-hybridized carbons (Fsp3) is 0.286. The van der Waals surface area contributed by atoms with Gasteiger partial charge >= 0.3 is 0 Å². The van der Waals surface area contributed by atoms with E-state index < -0.39 is 17.5 Å². The third kappa shape index (κ3) is 3.56.